The molecule has 1 heterocycles. The number of nitrogens with zero attached hydrogens (tertiary/aromatic N) is 1. The fourth-order valence-electron chi connectivity index (χ4n) is 2.24. The molecule has 2 rings (SSSR count). The number of ketones is 1. The number of hydrogen-bond acceptors (Lipinski definition) is 5. The summed E-state index contributed by atoms with van der Waals surface area (Å²) in [4.78, 5) is 24.5. The average Bonchev–Trinajstić information content (AvgIpc) is 2.59. The molecule has 0 radical (unpaired) electrons. The predicted molar refractivity (Wildman–Crippen MR) is 95.3 cm³/mol. The molecule has 0 saturated carbocycles. The van der Waals surface area contributed by atoms with E-state index in [-0.39, 0.29) is 11.3 Å². The molecule has 6 nitrogen and oxygen atoms in total. The van der Waals surface area contributed by atoms with Gasteiger partial charge in [-0.15, -0.1) is 0 Å². The van der Waals surface area contributed by atoms with Crippen LogP contribution >= 0.6 is 0 Å². The number of carbonyl (C=O) groups excluding carboxylic acids is 1. The summed E-state index contributed by atoms with van der Waals surface area (Å²) < 4.78 is 11.8. The minimum Gasteiger partial charge on any atom is -0.507 e. The zero-order valence-electron chi connectivity index (χ0n) is 14.5. The molecule has 1 aromatic carbocycles. The van der Waals surface area contributed by atoms with Crippen LogP contribution in [-0.4, -0.2) is 35.8 Å². The molecule has 0 unspecified atom stereocenters. The van der Waals surface area contributed by atoms with Crippen molar-refractivity contribution >= 4 is 11.9 Å². The summed E-state index contributed by atoms with van der Waals surface area (Å²) in [6.45, 7) is 2.59. The van der Waals surface area contributed by atoms with Crippen molar-refractivity contribution in [3.63, 3.8) is 0 Å². The van der Waals surface area contributed by atoms with Crippen LogP contribution < -0.4 is 10.3 Å². The van der Waals surface area contributed by atoms with E-state index >= 15 is 0 Å². The summed E-state index contributed by atoms with van der Waals surface area (Å²) in [5.74, 6) is -0.212. The minimum absolute atomic E-state index is 0.239. The normalized spacial score (nSPS) is 11.0. The number of rotatable bonds is 7. The predicted octanol–water partition coefficient (Wildman–Crippen LogP) is 2.32. The Bertz CT molecular complexity index is 851. The SMILES string of the molecule is COCCOc1cccc(/C=C/C(=O)c2c(O)cc(C)n(C)c2=O)c1. The number of aromatic nitrogens is 1. The molecule has 0 atom stereocenters. The van der Waals surface area contributed by atoms with Gasteiger partial charge in [-0.05, 0) is 30.7 Å². The molecule has 0 aliphatic heterocycles. The monoisotopic (exact) mass is 343 g/mol. The second kappa shape index (κ2) is 8.30. The average molecular weight is 343 g/mol. The maximum Gasteiger partial charge on any atom is 0.265 e. The Morgan fingerprint density at radius 2 is 2.04 bits per heavy atom. The van der Waals surface area contributed by atoms with E-state index < -0.39 is 11.3 Å². The van der Waals surface area contributed by atoms with Crippen molar-refractivity contribution in [3.8, 4) is 11.5 Å². The van der Waals surface area contributed by atoms with Crippen molar-refractivity contribution in [1.82, 2.24) is 4.57 Å². The third-order valence-electron chi connectivity index (χ3n) is 3.74. The van der Waals surface area contributed by atoms with Crippen molar-refractivity contribution in [1.29, 1.82) is 0 Å². The van der Waals surface area contributed by atoms with Gasteiger partial charge in [0.1, 0.15) is 23.7 Å². The second-order valence-electron chi connectivity index (χ2n) is 5.52. The first-order valence-electron chi connectivity index (χ1n) is 7.78. The van der Waals surface area contributed by atoms with Crippen LogP contribution in [0.4, 0.5) is 0 Å². The van der Waals surface area contributed by atoms with Crippen LogP contribution in [0.2, 0.25) is 0 Å². The number of pyridine rings is 1. The summed E-state index contributed by atoms with van der Waals surface area (Å²) in [6.07, 6.45) is 2.84. The van der Waals surface area contributed by atoms with Crippen LogP contribution in [0, 0.1) is 6.92 Å². The lowest BCUT2D eigenvalue weighted by molar-refractivity contribution is 0.104. The standard InChI is InChI=1S/C19H21NO5/c1-13-11-17(22)18(19(23)20(13)2)16(21)8-7-14-5-4-6-15(12-14)25-10-9-24-3/h4-8,11-12,22H,9-10H2,1-3H3/b8-7+. The largest absolute Gasteiger partial charge is 0.507 e. The lowest BCUT2D eigenvalue weighted by atomic mass is 10.1. The smallest absolute Gasteiger partial charge is 0.265 e. The zero-order chi connectivity index (χ0) is 18.4. The number of allylic oxidation sites excluding steroid dienone is 1. The van der Waals surface area contributed by atoms with Crippen molar-refractivity contribution in [2.45, 2.75) is 6.92 Å². The van der Waals surface area contributed by atoms with Crippen molar-refractivity contribution < 1.29 is 19.4 Å². The molecule has 0 spiro atoms. The Balaban J connectivity index is 2.20. The van der Waals surface area contributed by atoms with Gasteiger partial charge in [-0.1, -0.05) is 18.2 Å². The molecule has 1 N–H and O–H groups in total. The number of carbonyl (C=O) groups is 1. The number of aromatic hydroxyl groups is 1. The molecule has 25 heavy (non-hydrogen) atoms. The molecule has 0 bridgehead atoms. The van der Waals surface area contributed by atoms with Crippen molar-refractivity contribution in [3.05, 3.63) is 63.6 Å². The Kier molecular flexibility index (Phi) is 6.14. The third kappa shape index (κ3) is 4.58. The van der Waals surface area contributed by atoms with E-state index in [4.69, 9.17) is 9.47 Å². The maximum absolute atomic E-state index is 12.3. The summed E-state index contributed by atoms with van der Waals surface area (Å²) in [7, 11) is 3.15. The first-order chi connectivity index (χ1) is 11.9. The molecular formula is C19H21NO5. The fraction of sp³-hybridized carbons (Fsp3) is 0.263. The lowest BCUT2D eigenvalue weighted by Gasteiger charge is -2.07. The van der Waals surface area contributed by atoms with E-state index in [9.17, 15) is 14.7 Å². The van der Waals surface area contributed by atoms with Crippen molar-refractivity contribution in [2.24, 2.45) is 7.05 Å². The topological polar surface area (TPSA) is 77.8 Å². The Labute approximate surface area is 145 Å². The van der Waals surface area contributed by atoms with Gasteiger partial charge in [-0.2, -0.15) is 0 Å². The summed E-state index contributed by atoms with van der Waals surface area (Å²) in [5, 5.41) is 9.93. The highest BCUT2D eigenvalue weighted by Gasteiger charge is 2.16. The number of ether oxygens (including phenoxy) is 2. The van der Waals surface area contributed by atoms with Gasteiger partial charge in [0.25, 0.3) is 5.56 Å². The van der Waals surface area contributed by atoms with Crippen molar-refractivity contribution in [2.75, 3.05) is 20.3 Å². The first kappa shape index (κ1) is 18.5. The van der Waals surface area contributed by atoms with E-state index in [0.29, 0.717) is 24.7 Å². The highest BCUT2D eigenvalue weighted by molar-refractivity contribution is 6.08. The van der Waals surface area contributed by atoms with Crippen LogP contribution in [0.3, 0.4) is 0 Å². The van der Waals surface area contributed by atoms with E-state index in [1.165, 1.54) is 16.7 Å². The minimum atomic E-state index is -0.552. The quantitative estimate of drug-likeness (QED) is 0.474. The molecule has 0 aliphatic rings. The number of benzene rings is 1. The van der Waals surface area contributed by atoms with Gasteiger partial charge >= 0.3 is 0 Å². The summed E-state index contributed by atoms with van der Waals surface area (Å²) in [6, 6.07) is 8.57. The molecule has 2 aromatic rings. The molecule has 132 valence electrons. The van der Waals surface area contributed by atoms with Crippen LogP contribution in [-0.2, 0) is 11.8 Å². The van der Waals surface area contributed by atoms with Crippen LogP contribution in [0.5, 0.6) is 11.5 Å². The Morgan fingerprint density at radius 3 is 2.76 bits per heavy atom. The Hall–Kier alpha value is -2.86. The zero-order valence-corrected chi connectivity index (χ0v) is 14.5. The third-order valence-corrected chi connectivity index (χ3v) is 3.74. The fourth-order valence-corrected chi connectivity index (χ4v) is 2.24. The highest BCUT2D eigenvalue weighted by Crippen LogP contribution is 2.17. The molecule has 0 fully saturated rings. The molecule has 0 amide bonds. The molecule has 0 saturated heterocycles. The molecule has 0 aliphatic carbocycles. The number of methoxy groups -OCH3 is 1. The second-order valence-corrected chi connectivity index (χ2v) is 5.52. The molecular weight excluding hydrogens is 322 g/mol. The van der Waals surface area contributed by atoms with Gasteiger partial charge in [-0.25, -0.2) is 0 Å². The maximum atomic E-state index is 12.3. The molecule has 6 heteroatoms. The van der Waals surface area contributed by atoms with Gasteiger partial charge in [0.15, 0.2) is 5.78 Å². The lowest BCUT2D eigenvalue weighted by Crippen LogP contribution is -2.25. The Morgan fingerprint density at radius 1 is 1.28 bits per heavy atom. The molecule has 1 aromatic heterocycles. The van der Waals surface area contributed by atoms with Gasteiger partial charge in [0.05, 0.1) is 6.61 Å². The number of hydrogen-bond donors (Lipinski definition) is 1. The van der Waals surface area contributed by atoms with Crippen LogP contribution in [0.1, 0.15) is 21.6 Å². The van der Waals surface area contributed by atoms with E-state index in [1.54, 1.807) is 51.4 Å². The van der Waals surface area contributed by atoms with Crippen LogP contribution in [0.25, 0.3) is 6.08 Å². The first-order valence-corrected chi connectivity index (χ1v) is 7.78. The van der Waals surface area contributed by atoms with E-state index in [0.717, 1.165) is 5.56 Å². The van der Waals surface area contributed by atoms with E-state index in [1.807, 2.05) is 0 Å². The highest BCUT2D eigenvalue weighted by atomic mass is 16.5. The summed E-state index contributed by atoms with van der Waals surface area (Å²) in [5.41, 5.74) is 0.552. The summed E-state index contributed by atoms with van der Waals surface area (Å²) >= 11 is 0. The van der Waals surface area contributed by atoms with E-state index in [2.05, 4.69) is 0 Å². The van der Waals surface area contributed by atoms with Gasteiger partial charge in [-0.3, -0.25) is 9.59 Å². The van der Waals surface area contributed by atoms with Gasteiger partial charge in [0, 0.05) is 25.9 Å². The van der Waals surface area contributed by atoms with Crippen LogP contribution in [0.15, 0.2) is 41.2 Å². The van der Waals surface area contributed by atoms with Gasteiger partial charge in [0.2, 0.25) is 0 Å². The number of aryl methyl sites for hydroxylation is 1. The van der Waals surface area contributed by atoms with Gasteiger partial charge < -0.3 is 19.1 Å².